The second-order valence-electron chi connectivity index (χ2n) is 6.42. The third kappa shape index (κ3) is 3.49. The maximum absolute atomic E-state index is 13.4. The lowest BCUT2D eigenvalue weighted by molar-refractivity contribution is 0.0817. The molecule has 4 N–H and O–H groups in total. The number of phenolic OH excluding ortho intramolecular Hbond substituents is 1. The van der Waals surface area contributed by atoms with Crippen molar-refractivity contribution in [1.82, 2.24) is 4.98 Å². The molecule has 2 aromatic rings. The Labute approximate surface area is 173 Å². The first kappa shape index (κ1) is 19.9. The van der Waals surface area contributed by atoms with Crippen LogP contribution in [-0.4, -0.2) is 34.3 Å². The summed E-state index contributed by atoms with van der Waals surface area (Å²) in [5.74, 6) is -0.689. The third-order valence-corrected chi connectivity index (χ3v) is 5.36. The maximum Gasteiger partial charge on any atom is 0.245 e. The number of carbonyl (C=O) groups excluding carboxylic acids is 2. The average Bonchev–Trinajstić information content (AvgIpc) is 3.01. The van der Waals surface area contributed by atoms with Crippen molar-refractivity contribution in [3.63, 3.8) is 0 Å². The van der Waals surface area contributed by atoms with Gasteiger partial charge in [0.05, 0.1) is 26.2 Å². The van der Waals surface area contributed by atoms with Crippen molar-refractivity contribution in [2.24, 2.45) is 5.73 Å². The summed E-state index contributed by atoms with van der Waals surface area (Å²) in [7, 11) is 0. The number of halogens is 2. The highest BCUT2D eigenvalue weighted by atomic mass is 79.9. The standard InChI is InChI=1S/C19H18Br2N2O4/c1-8(2)27-19-14(10-5-11(20)16(24)12(21)6-10)17(25)13-9(3-4-22)7-23-15(13)18(19)26/h5-8,23-24H,3-4,22H2,1-2H3. The minimum Gasteiger partial charge on any atom is -0.506 e. The SMILES string of the molecule is CC(C)OC1=C(c2cc(Br)c(O)c(Br)c2)C(=O)c2c(CCN)c[nH]c2C1=O. The summed E-state index contributed by atoms with van der Waals surface area (Å²) in [4.78, 5) is 29.3. The highest BCUT2D eigenvalue weighted by molar-refractivity contribution is 9.11. The van der Waals surface area contributed by atoms with E-state index in [1.807, 2.05) is 0 Å². The van der Waals surface area contributed by atoms with Crippen LogP contribution in [0.5, 0.6) is 5.75 Å². The number of Topliss-reactive ketones (excluding diaryl/α,β-unsaturated/α-hetero) is 2. The van der Waals surface area contributed by atoms with Crippen molar-refractivity contribution < 1.29 is 19.4 Å². The van der Waals surface area contributed by atoms with Crippen LogP contribution in [0.25, 0.3) is 5.57 Å². The summed E-state index contributed by atoms with van der Waals surface area (Å²) in [5, 5.41) is 9.99. The molecule has 1 heterocycles. The van der Waals surface area contributed by atoms with Crippen molar-refractivity contribution >= 4 is 49.0 Å². The van der Waals surface area contributed by atoms with Crippen LogP contribution in [0, 0.1) is 0 Å². The number of aromatic amines is 1. The molecule has 27 heavy (non-hydrogen) atoms. The Morgan fingerprint density at radius 2 is 1.81 bits per heavy atom. The quantitative estimate of drug-likeness (QED) is 0.579. The van der Waals surface area contributed by atoms with Gasteiger partial charge in [-0.3, -0.25) is 9.59 Å². The van der Waals surface area contributed by atoms with Gasteiger partial charge in [-0.1, -0.05) is 0 Å². The van der Waals surface area contributed by atoms with Crippen LogP contribution in [-0.2, 0) is 11.2 Å². The normalized spacial score (nSPS) is 14.1. The van der Waals surface area contributed by atoms with Crippen LogP contribution in [0.2, 0.25) is 0 Å². The number of ketones is 2. The number of phenols is 1. The first-order valence-corrected chi connectivity index (χ1v) is 9.93. The Balaban J connectivity index is 2.26. The minimum absolute atomic E-state index is 0.00594. The van der Waals surface area contributed by atoms with E-state index in [4.69, 9.17) is 10.5 Å². The number of hydrogen-bond donors (Lipinski definition) is 3. The number of nitrogens with one attached hydrogen (secondary N) is 1. The lowest BCUT2D eigenvalue weighted by Crippen LogP contribution is -2.25. The van der Waals surface area contributed by atoms with Crippen molar-refractivity contribution in [2.75, 3.05) is 6.54 Å². The predicted molar refractivity (Wildman–Crippen MR) is 109 cm³/mol. The van der Waals surface area contributed by atoms with Crippen LogP contribution in [0.1, 0.15) is 45.8 Å². The largest absolute Gasteiger partial charge is 0.506 e. The van der Waals surface area contributed by atoms with Gasteiger partial charge in [0.15, 0.2) is 11.5 Å². The molecule has 1 aromatic carbocycles. The van der Waals surface area contributed by atoms with Crippen LogP contribution >= 0.6 is 31.9 Å². The monoisotopic (exact) mass is 496 g/mol. The van der Waals surface area contributed by atoms with E-state index in [2.05, 4.69) is 36.8 Å². The van der Waals surface area contributed by atoms with Gasteiger partial charge in [0.2, 0.25) is 5.78 Å². The number of fused-ring (bicyclic) bond motifs is 1. The number of carbonyl (C=O) groups is 2. The van der Waals surface area contributed by atoms with Gasteiger partial charge in [0.25, 0.3) is 0 Å². The van der Waals surface area contributed by atoms with Crippen LogP contribution in [0.4, 0.5) is 0 Å². The van der Waals surface area contributed by atoms with E-state index in [0.717, 1.165) is 0 Å². The lowest BCUT2D eigenvalue weighted by atomic mass is 9.86. The molecule has 142 valence electrons. The zero-order valence-electron chi connectivity index (χ0n) is 14.7. The van der Waals surface area contributed by atoms with Gasteiger partial charge in [-0.2, -0.15) is 0 Å². The van der Waals surface area contributed by atoms with Crippen LogP contribution in [0.3, 0.4) is 0 Å². The number of aromatic nitrogens is 1. The summed E-state index contributed by atoms with van der Waals surface area (Å²) < 4.78 is 6.54. The van der Waals surface area contributed by atoms with Gasteiger partial charge in [0, 0.05) is 6.20 Å². The topological polar surface area (TPSA) is 105 Å². The minimum atomic E-state index is -0.378. The van der Waals surface area contributed by atoms with Gasteiger partial charge in [-0.25, -0.2) is 0 Å². The van der Waals surface area contributed by atoms with E-state index in [-0.39, 0.29) is 40.4 Å². The molecule has 1 aliphatic carbocycles. The molecule has 0 atom stereocenters. The molecular formula is C19H18Br2N2O4. The fourth-order valence-corrected chi connectivity index (χ4v) is 4.22. The molecule has 3 rings (SSSR count). The number of aromatic hydroxyl groups is 1. The molecule has 0 radical (unpaired) electrons. The highest BCUT2D eigenvalue weighted by Crippen LogP contribution is 2.40. The van der Waals surface area contributed by atoms with Gasteiger partial charge in [-0.05, 0) is 81.9 Å². The Bertz CT molecular complexity index is 953. The molecule has 0 saturated carbocycles. The van der Waals surface area contributed by atoms with Crippen molar-refractivity contribution in [1.29, 1.82) is 0 Å². The summed E-state index contributed by atoms with van der Waals surface area (Å²) >= 11 is 6.54. The molecule has 6 nitrogen and oxygen atoms in total. The smallest absolute Gasteiger partial charge is 0.245 e. The number of allylic oxidation sites excluding steroid dienone is 2. The van der Waals surface area contributed by atoms with E-state index < -0.39 is 0 Å². The Morgan fingerprint density at radius 1 is 1.19 bits per heavy atom. The molecule has 0 saturated heterocycles. The molecule has 0 unspecified atom stereocenters. The Morgan fingerprint density at radius 3 is 2.37 bits per heavy atom. The summed E-state index contributed by atoms with van der Waals surface area (Å²) in [6, 6.07) is 3.18. The van der Waals surface area contributed by atoms with E-state index in [1.54, 1.807) is 32.2 Å². The third-order valence-electron chi connectivity index (χ3n) is 4.15. The molecule has 0 aliphatic heterocycles. The summed E-state index contributed by atoms with van der Waals surface area (Å²) in [6.45, 7) is 3.93. The first-order chi connectivity index (χ1) is 12.8. The van der Waals surface area contributed by atoms with Gasteiger partial charge in [-0.15, -0.1) is 0 Å². The van der Waals surface area contributed by atoms with Gasteiger partial charge in [0.1, 0.15) is 11.4 Å². The Hall–Kier alpha value is -1.90. The molecule has 8 heteroatoms. The summed E-state index contributed by atoms with van der Waals surface area (Å²) in [6.07, 6.45) is 1.82. The molecule has 0 fully saturated rings. The van der Waals surface area contributed by atoms with E-state index >= 15 is 0 Å². The van der Waals surface area contributed by atoms with Crippen molar-refractivity contribution in [3.05, 3.63) is 55.4 Å². The molecule has 1 aliphatic rings. The van der Waals surface area contributed by atoms with Crippen molar-refractivity contribution in [2.45, 2.75) is 26.4 Å². The van der Waals surface area contributed by atoms with Crippen molar-refractivity contribution in [3.8, 4) is 5.75 Å². The second kappa shape index (κ2) is 7.61. The first-order valence-electron chi connectivity index (χ1n) is 8.35. The Kier molecular flexibility index (Phi) is 5.60. The average molecular weight is 498 g/mol. The molecule has 0 spiro atoms. The highest BCUT2D eigenvalue weighted by Gasteiger charge is 2.38. The van der Waals surface area contributed by atoms with Crippen LogP contribution in [0.15, 0.2) is 33.0 Å². The number of nitrogens with two attached hydrogens (primary N) is 1. The number of ether oxygens (including phenoxy) is 1. The number of hydrogen-bond acceptors (Lipinski definition) is 5. The summed E-state index contributed by atoms with van der Waals surface area (Å²) in [5.41, 5.74) is 7.52. The molecule has 1 aromatic heterocycles. The number of H-pyrrole nitrogens is 1. The fourth-order valence-electron chi connectivity index (χ4n) is 3.03. The predicted octanol–water partition coefficient (Wildman–Crippen LogP) is 3.96. The fraction of sp³-hybridized carbons (Fsp3) is 0.263. The van der Waals surface area contributed by atoms with E-state index in [9.17, 15) is 14.7 Å². The molecule has 0 amide bonds. The van der Waals surface area contributed by atoms with E-state index in [1.165, 1.54) is 0 Å². The van der Waals surface area contributed by atoms with E-state index in [0.29, 0.717) is 38.6 Å². The van der Waals surface area contributed by atoms with Gasteiger partial charge >= 0.3 is 0 Å². The lowest BCUT2D eigenvalue weighted by Gasteiger charge is -2.22. The molecule has 0 bridgehead atoms. The number of rotatable bonds is 5. The van der Waals surface area contributed by atoms with Gasteiger partial charge < -0.3 is 20.6 Å². The van der Waals surface area contributed by atoms with Crippen LogP contribution < -0.4 is 5.73 Å². The number of benzene rings is 1. The maximum atomic E-state index is 13.4. The zero-order chi connectivity index (χ0) is 19.9. The second-order valence-corrected chi connectivity index (χ2v) is 8.13. The zero-order valence-corrected chi connectivity index (χ0v) is 17.9. The molecular weight excluding hydrogens is 480 g/mol.